The van der Waals surface area contributed by atoms with Gasteiger partial charge in [0.1, 0.15) is 23.2 Å². The highest BCUT2D eigenvalue weighted by Crippen LogP contribution is 2.40. The summed E-state index contributed by atoms with van der Waals surface area (Å²) < 4.78 is 0. The highest BCUT2D eigenvalue weighted by molar-refractivity contribution is 5.87. The molecule has 0 radical (unpaired) electrons. The number of aromatic nitrogens is 3. The molecule has 1 amide bonds. The minimum atomic E-state index is -0.543. The summed E-state index contributed by atoms with van der Waals surface area (Å²) in [4.78, 5) is 26.2. The van der Waals surface area contributed by atoms with E-state index in [0.717, 1.165) is 48.6 Å². The SMILES string of the molecule is Cc1nc(N[C@@H]2C[C@@H]3CN(C(=O)C(C)C#N)C[C@@H]3C2)c2cc[nH]c2n1. The van der Waals surface area contributed by atoms with Crippen LogP contribution >= 0.6 is 0 Å². The lowest BCUT2D eigenvalue weighted by Gasteiger charge is -2.21. The predicted octanol–water partition coefficient (Wildman–Crippen LogP) is 2.07. The summed E-state index contributed by atoms with van der Waals surface area (Å²) in [6, 6.07) is 4.41. The molecule has 2 aromatic rings. The van der Waals surface area contributed by atoms with Gasteiger partial charge in [0, 0.05) is 25.3 Å². The summed E-state index contributed by atoms with van der Waals surface area (Å²) in [7, 11) is 0. The van der Waals surface area contributed by atoms with Gasteiger partial charge in [-0.25, -0.2) is 9.97 Å². The molecule has 7 nitrogen and oxygen atoms in total. The number of hydrogen-bond donors (Lipinski definition) is 2. The van der Waals surface area contributed by atoms with E-state index in [1.807, 2.05) is 30.2 Å². The molecule has 130 valence electrons. The van der Waals surface area contributed by atoms with Gasteiger partial charge >= 0.3 is 0 Å². The second kappa shape index (κ2) is 6.03. The zero-order valence-corrected chi connectivity index (χ0v) is 14.5. The van der Waals surface area contributed by atoms with Crippen molar-refractivity contribution in [3.05, 3.63) is 18.1 Å². The zero-order chi connectivity index (χ0) is 17.6. The molecular weight excluding hydrogens is 316 g/mol. The van der Waals surface area contributed by atoms with Crippen LogP contribution in [0.4, 0.5) is 5.82 Å². The number of likely N-dealkylation sites (tertiary alicyclic amines) is 1. The van der Waals surface area contributed by atoms with E-state index in [9.17, 15) is 4.79 Å². The number of carbonyl (C=O) groups excluding carboxylic acids is 1. The maximum Gasteiger partial charge on any atom is 0.239 e. The van der Waals surface area contributed by atoms with E-state index >= 15 is 0 Å². The predicted molar refractivity (Wildman–Crippen MR) is 93.6 cm³/mol. The number of nitrogens with zero attached hydrogens (tertiary/aromatic N) is 4. The quantitative estimate of drug-likeness (QED) is 0.893. The summed E-state index contributed by atoms with van der Waals surface area (Å²) >= 11 is 0. The molecule has 2 aromatic heterocycles. The Hall–Kier alpha value is -2.62. The normalized spacial score (nSPS) is 26.4. The monoisotopic (exact) mass is 338 g/mol. The van der Waals surface area contributed by atoms with Gasteiger partial charge in [0.15, 0.2) is 0 Å². The van der Waals surface area contributed by atoms with Crippen molar-refractivity contribution in [2.75, 3.05) is 18.4 Å². The minimum Gasteiger partial charge on any atom is -0.367 e. The molecule has 1 saturated heterocycles. The fraction of sp³-hybridized carbons (Fsp3) is 0.556. The van der Waals surface area contributed by atoms with Crippen molar-refractivity contribution in [2.45, 2.75) is 32.7 Å². The number of rotatable bonds is 3. The number of nitriles is 1. The Morgan fingerprint density at radius 2 is 2.12 bits per heavy atom. The van der Waals surface area contributed by atoms with Crippen molar-refractivity contribution in [3.63, 3.8) is 0 Å². The molecule has 4 atom stereocenters. The largest absolute Gasteiger partial charge is 0.367 e. The van der Waals surface area contributed by atoms with Crippen LogP contribution in [-0.2, 0) is 4.79 Å². The van der Waals surface area contributed by atoms with Crippen LogP contribution in [0.2, 0.25) is 0 Å². The first-order valence-electron chi connectivity index (χ1n) is 8.82. The van der Waals surface area contributed by atoms with E-state index in [-0.39, 0.29) is 5.91 Å². The standard InChI is InChI=1S/C18H22N6O/c1-10(7-19)18(25)24-8-12-5-14(6-13(12)9-24)23-17-15-3-4-20-16(15)21-11(2)22-17/h3-4,10,12-14H,5-6,8-9H2,1-2H3,(H2,20,21,22,23)/t10?,12-,13+,14-. The molecule has 3 heterocycles. The molecule has 1 saturated carbocycles. The van der Waals surface area contributed by atoms with Gasteiger partial charge < -0.3 is 15.2 Å². The number of anilines is 1. The Kier molecular flexibility index (Phi) is 3.83. The lowest BCUT2D eigenvalue weighted by atomic mass is 10.0. The van der Waals surface area contributed by atoms with Crippen molar-refractivity contribution in [2.24, 2.45) is 17.8 Å². The molecule has 2 aliphatic rings. The van der Waals surface area contributed by atoms with Crippen LogP contribution in [0.1, 0.15) is 25.6 Å². The summed E-state index contributed by atoms with van der Waals surface area (Å²) in [6.07, 6.45) is 3.95. The van der Waals surface area contributed by atoms with Crippen LogP contribution in [0.5, 0.6) is 0 Å². The highest BCUT2D eigenvalue weighted by Gasteiger charge is 2.43. The Bertz CT molecular complexity index is 839. The zero-order valence-electron chi connectivity index (χ0n) is 14.5. The first kappa shape index (κ1) is 15.9. The number of aryl methyl sites for hydroxylation is 1. The fourth-order valence-corrected chi connectivity index (χ4v) is 4.28. The van der Waals surface area contributed by atoms with Crippen LogP contribution in [0, 0.1) is 36.0 Å². The molecule has 1 aliphatic carbocycles. The van der Waals surface area contributed by atoms with E-state index in [1.165, 1.54) is 0 Å². The average Bonchev–Trinajstić information content (AvgIpc) is 3.27. The lowest BCUT2D eigenvalue weighted by Crippen LogP contribution is -2.34. The molecule has 2 fully saturated rings. The van der Waals surface area contributed by atoms with Gasteiger partial charge in [0.2, 0.25) is 5.91 Å². The third-order valence-corrected chi connectivity index (χ3v) is 5.50. The van der Waals surface area contributed by atoms with Crippen LogP contribution in [0.25, 0.3) is 11.0 Å². The Morgan fingerprint density at radius 3 is 2.80 bits per heavy atom. The molecule has 1 aliphatic heterocycles. The molecule has 1 unspecified atom stereocenters. The van der Waals surface area contributed by atoms with Gasteiger partial charge in [0.05, 0.1) is 11.5 Å². The Morgan fingerprint density at radius 1 is 1.40 bits per heavy atom. The fourth-order valence-electron chi connectivity index (χ4n) is 4.28. The third-order valence-electron chi connectivity index (χ3n) is 5.50. The summed E-state index contributed by atoms with van der Waals surface area (Å²) in [6.45, 7) is 5.13. The van der Waals surface area contributed by atoms with Gasteiger partial charge in [-0.15, -0.1) is 0 Å². The molecule has 4 rings (SSSR count). The first-order valence-corrected chi connectivity index (χ1v) is 8.82. The number of hydrogen-bond acceptors (Lipinski definition) is 5. The maximum absolute atomic E-state index is 12.2. The van der Waals surface area contributed by atoms with Gasteiger partial charge in [-0.2, -0.15) is 5.26 Å². The molecule has 0 spiro atoms. The first-order chi connectivity index (χ1) is 12.0. The van der Waals surface area contributed by atoms with Crippen molar-refractivity contribution >= 4 is 22.8 Å². The smallest absolute Gasteiger partial charge is 0.239 e. The molecule has 0 aromatic carbocycles. The molecule has 0 bridgehead atoms. The number of nitrogens with one attached hydrogen (secondary N) is 2. The average molecular weight is 338 g/mol. The molecule has 25 heavy (non-hydrogen) atoms. The number of amides is 1. The second-order valence-corrected chi connectivity index (χ2v) is 7.29. The van der Waals surface area contributed by atoms with E-state index in [2.05, 4.69) is 20.3 Å². The lowest BCUT2D eigenvalue weighted by molar-refractivity contribution is -0.132. The van der Waals surface area contributed by atoms with Crippen molar-refractivity contribution in [1.82, 2.24) is 19.9 Å². The van der Waals surface area contributed by atoms with Crippen molar-refractivity contribution in [3.8, 4) is 6.07 Å². The summed E-state index contributed by atoms with van der Waals surface area (Å²) in [5.41, 5.74) is 0.857. The second-order valence-electron chi connectivity index (χ2n) is 7.29. The number of H-pyrrole nitrogens is 1. The Labute approximate surface area is 146 Å². The summed E-state index contributed by atoms with van der Waals surface area (Å²) in [5.74, 6) is 2.09. The van der Waals surface area contributed by atoms with Gasteiger partial charge in [-0.1, -0.05) is 0 Å². The maximum atomic E-state index is 12.2. The van der Waals surface area contributed by atoms with E-state index in [4.69, 9.17) is 5.26 Å². The topological polar surface area (TPSA) is 97.7 Å². The van der Waals surface area contributed by atoms with E-state index in [1.54, 1.807) is 6.92 Å². The van der Waals surface area contributed by atoms with Crippen molar-refractivity contribution in [1.29, 1.82) is 5.26 Å². The van der Waals surface area contributed by atoms with Crippen LogP contribution in [0.15, 0.2) is 12.3 Å². The highest BCUT2D eigenvalue weighted by atomic mass is 16.2. The van der Waals surface area contributed by atoms with Crippen LogP contribution in [-0.4, -0.2) is 44.9 Å². The number of carbonyl (C=O) groups is 1. The van der Waals surface area contributed by atoms with Gasteiger partial charge in [0.25, 0.3) is 0 Å². The number of aromatic amines is 1. The van der Waals surface area contributed by atoms with Gasteiger partial charge in [-0.05, 0) is 44.6 Å². The van der Waals surface area contributed by atoms with Crippen LogP contribution in [0.3, 0.4) is 0 Å². The molecular formula is C18H22N6O. The van der Waals surface area contributed by atoms with E-state index in [0.29, 0.717) is 17.9 Å². The molecule has 2 N–H and O–H groups in total. The van der Waals surface area contributed by atoms with E-state index < -0.39 is 5.92 Å². The summed E-state index contributed by atoms with van der Waals surface area (Å²) in [5, 5.41) is 13.6. The minimum absolute atomic E-state index is 0.0261. The van der Waals surface area contributed by atoms with Gasteiger partial charge in [-0.3, -0.25) is 4.79 Å². The number of fused-ring (bicyclic) bond motifs is 2. The van der Waals surface area contributed by atoms with Crippen molar-refractivity contribution < 1.29 is 4.79 Å². The Balaban J connectivity index is 1.43. The molecule has 7 heteroatoms. The van der Waals surface area contributed by atoms with Crippen LogP contribution < -0.4 is 5.32 Å². The third kappa shape index (κ3) is 2.82.